The summed E-state index contributed by atoms with van der Waals surface area (Å²) in [5.74, 6) is -0.337. The molecule has 0 aromatic heterocycles. The maximum Gasteiger partial charge on any atom is 0.492 e. The zero-order valence-corrected chi connectivity index (χ0v) is 12.4. The molecule has 0 aliphatic carbocycles. The summed E-state index contributed by atoms with van der Waals surface area (Å²) >= 11 is 0. The Morgan fingerprint density at radius 3 is 2.24 bits per heavy atom. The van der Waals surface area contributed by atoms with Gasteiger partial charge in [0.1, 0.15) is 18.2 Å². The molecule has 2 aromatic carbocycles. The van der Waals surface area contributed by atoms with E-state index in [9.17, 15) is 14.4 Å². The van der Waals surface area contributed by atoms with Gasteiger partial charge < -0.3 is 14.8 Å². The molecule has 0 atom stereocenters. The largest absolute Gasteiger partial charge is 0.492 e. The quantitative estimate of drug-likeness (QED) is 0.846. The third-order valence-electron chi connectivity index (χ3n) is 3.47. The van der Waals surface area contributed by atoms with Crippen LogP contribution < -0.4 is 10.2 Å². The Morgan fingerprint density at radius 2 is 1.67 bits per heavy atom. The summed E-state index contributed by atoms with van der Waals surface area (Å²) in [7, 11) is -1.69. The summed E-state index contributed by atoms with van der Waals surface area (Å²) in [5, 5.41) is 18.6. The summed E-state index contributed by atoms with van der Waals surface area (Å²) in [6.07, 6.45) is 0. The van der Waals surface area contributed by atoms with Gasteiger partial charge in [-0.1, -0.05) is 23.8 Å². The van der Waals surface area contributed by atoms with Crippen LogP contribution in [0.5, 0.6) is 5.75 Å². The number of halogens is 1. The second kappa shape index (κ2) is 6.29. The van der Waals surface area contributed by atoms with Crippen molar-refractivity contribution >= 4 is 12.6 Å². The zero-order valence-electron chi connectivity index (χ0n) is 12.4. The number of benzene rings is 2. The monoisotopic (exact) mass is 288 g/mol. The lowest BCUT2D eigenvalue weighted by molar-refractivity contribution is 0.303. The third-order valence-corrected chi connectivity index (χ3v) is 3.47. The van der Waals surface area contributed by atoms with Crippen molar-refractivity contribution < 1.29 is 19.2 Å². The zero-order chi connectivity index (χ0) is 15.6. The maximum absolute atomic E-state index is 13.3. The molecule has 0 saturated carbocycles. The Morgan fingerprint density at radius 1 is 1.05 bits per heavy atom. The molecule has 21 heavy (non-hydrogen) atoms. The Balaban J connectivity index is 2.26. The average Bonchev–Trinajstić information content (AvgIpc) is 2.37. The molecule has 0 amide bonds. The number of ether oxygens (including phenoxy) is 1. The molecule has 2 N–H and O–H groups in total. The van der Waals surface area contributed by atoms with E-state index in [2.05, 4.69) is 12.1 Å². The highest BCUT2D eigenvalue weighted by Gasteiger charge is 2.18. The first-order valence-electron chi connectivity index (χ1n) is 6.73. The Hall–Kier alpha value is -1.85. The van der Waals surface area contributed by atoms with Crippen molar-refractivity contribution in [3.63, 3.8) is 0 Å². The van der Waals surface area contributed by atoms with Crippen molar-refractivity contribution in [2.75, 3.05) is 0 Å². The molecule has 0 fully saturated rings. The van der Waals surface area contributed by atoms with Crippen LogP contribution in [0.1, 0.15) is 22.3 Å². The fraction of sp³-hybridized carbons (Fsp3) is 0.250. The van der Waals surface area contributed by atoms with Crippen LogP contribution in [-0.4, -0.2) is 17.2 Å². The predicted molar refractivity (Wildman–Crippen MR) is 81.2 cm³/mol. The van der Waals surface area contributed by atoms with E-state index in [0.717, 1.165) is 22.8 Å². The minimum Gasteiger partial charge on any atom is -0.489 e. The van der Waals surface area contributed by atoms with Crippen molar-refractivity contribution in [3.8, 4) is 5.75 Å². The second-order valence-corrected chi connectivity index (χ2v) is 5.22. The van der Waals surface area contributed by atoms with Crippen LogP contribution >= 0.6 is 0 Å². The van der Waals surface area contributed by atoms with Gasteiger partial charge in [0.25, 0.3) is 0 Å². The van der Waals surface area contributed by atoms with E-state index in [1.54, 1.807) is 0 Å². The van der Waals surface area contributed by atoms with Crippen molar-refractivity contribution in [2.24, 2.45) is 0 Å². The maximum atomic E-state index is 13.3. The van der Waals surface area contributed by atoms with Crippen LogP contribution in [0.3, 0.4) is 0 Å². The molecule has 0 spiro atoms. The van der Waals surface area contributed by atoms with Gasteiger partial charge in [-0.25, -0.2) is 4.39 Å². The molecule has 0 saturated heterocycles. The predicted octanol–water partition coefficient (Wildman–Crippen LogP) is 2.01. The van der Waals surface area contributed by atoms with E-state index in [1.807, 2.05) is 20.8 Å². The molecular formula is C16H18BFO3. The van der Waals surface area contributed by atoms with E-state index >= 15 is 0 Å². The summed E-state index contributed by atoms with van der Waals surface area (Å²) in [4.78, 5) is 0. The molecule has 0 radical (unpaired) electrons. The normalized spacial score (nSPS) is 10.6. The summed E-state index contributed by atoms with van der Waals surface area (Å²) < 4.78 is 18.9. The van der Waals surface area contributed by atoms with Gasteiger partial charge in [0.15, 0.2) is 0 Å². The third kappa shape index (κ3) is 3.62. The molecular weight excluding hydrogens is 270 g/mol. The molecule has 2 rings (SSSR count). The minimum absolute atomic E-state index is 0.143. The van der Waals surface area contributed by atoms with Crippen LogP contribution in [0.15, 0.2) is 30.3 Å². The van der Waals surface area contributed by atoms with Gasteiger partial charge in [0, 0.05) is 11.5 Å². The van der Waals surface area contributed by atoms with E-state index in [1.165, 1.54) is 17.7 Å². The van der Waals surface area contributed by atoms with Crippen LogP contribution in [0, 0.1) is 26.6 Å². The average molecular weight is 288 g/mol. The molecule has 0 heterocycles. The molecule has 2 aromatic rings. The first kappa shape index (κ1) is 15.5. The van der Waals surface area contributed by atoms with Gasteiger partial charge in [-0.2, -0.15) is 0 Å². The van der Waals surface area contributed by atoms with Gasteiger partial charge in [-0.15, -0.1) is 0 Å². The Kier molecular flexibility index (Phi) is 4.65. The van der Waals surface area contributed by atoms with E-state index < -0.39 is 12.9 Å². The number of hydrogen-bond acceptors (Lipinski definition) is 3. The van der Waals surface area contributed by atoms with E-state index in [4.69, 9.17) is 4.74 Å². The first-order valence-corrected chi connectivity index (χ1v) is 6.73. The summed E-state index contributed by atoms with van der Waals surface area (Å²) in [6.45, 7) is 6.26. The molecule has 5 heteroatoms. The van der Waals surface area contributed by atoms with Crippen LogP contribution in [0.4, 0.5) is 4.39 Å². The molecule has 110 valence electrons. The first-order chi connectivity index (χ1) is 9.88. The lowest BCUT2D eigenvalue weighted by Crippen LogP contribution is -2.31. The number of hydrogen-bond donors (Lipinski definition) is 2. The Bertz CT molecular complexity index is 633. The highest BCUT2D eigenvalue weighted by molar-refractivity contribution is 6.59. The van der Waals surface area contributed by atoms with Crippen molar-refractivity contribution in [1.29, 1.82) is 0 Å². The van der Waals surface area contributed by atoms with Crippen molar-refractivity contribution in [2.45, 2.75) is 27.4 Å². The lowest BCUT2D eigenvalue weighted by atomic mass is 9.79. The SMILES string of the molecule is Cc1cc(C)c(COc2cc(F)ccc2B(O)O)c(C)c1. The molecule has 0 unspecified atom stereocenters. The van der Waals surface area contributed by atoms with E-state index in [0.29, 0.717) is 0 Å². The van der Waals surface area contributed by atoms with Gasteiger partial charge in [-0.3, -0.25) is 0 Å². The smallest absolute Gasteiger partial charge is 0.489 e. The van der Waals surface area contributed by atoms with Gasteiger partial charge in [0.05, 0.1) is 0 Å². The number of aryl methyl sites for hydroxylation is 3. The van der Waals surface area contributed by atoms with Crippen molar-refractivity contribution in [3.05, 3.63) is 58.4 Å². The minimum atomic E-state index is -1.69. The fourth-order valence-corrected chi connectivity index (χ4v) is 2.43. The summed E-state index contributed by atoms with van der Waals surface area (Å²) in [6, 6.07) is 7.75. The van der Waals surface area contributed by atoms with Gasteiger partial charge in [-0.05, 0) is 43.5 Å². The standard InChI is InChI=1S/C16H18BFO3/c1-10-6-11(2)14(12(3)7-10)9-21-16-8-13(18)4-5-15(16)17(19)20/h4-8,19-20H,9H2,1-3H3. The van der Waals surface area contributed by atoms with E-state index in [-0.39, 0.29) is 17.8 Å². The second-order valence-electron chi connectivity index (χ2n) is 5.22. The van der Waals surface area contributed by atoms with Gasteiger partial charge in [0.2, 0.25) is 0 Å². The summed E-state index contributed by atoms with van der Waals surface area (Å²) in [5.41, 5.74) is 4.53. The van der Waals surface area contributed by atoms with Gasteiger partial charge >= 0.3 is 7.12 Å². The van der Waals surface area contributed by atoms with Crippen LogP contribution in [0.2, 0.25) is 0 Å². The van der Waals surface area contributed by atoms with Crippen molar-refractivity contribution in [1.82, 2.24) is 0 Å². The topological polar surface area (TPSA) is 49.7 Å². The lowest BCUT2D eigenvalue weighted by Gasteiger charge is -2.15. The fourth-order valence-electron chi connectivity index (χ4n) is 2.43. The molecule has 0 aliphatic heterocycles. The molecule has 0 bridgehead atoms. The molecule has 3 nitrogen and oxygen atoms in total. The number of rotatable bonds is 4. The Labute approximate surface area is 124 Å². The highest BCUT2D eigenvalue weighted by atomic mass is 19.1. The van der Waals surface area contributed by atoms with Crippen LogP contribution in [-0.2, 0) is 6.61 Å². The highest BCUT2D eigenvalue weighted by Crippen LogP contribution is 2.19. The van der Waals surface area contributed by atoms with Crippen LogP contribution in [0.25, 0.3) is 0 Å². The molecule has 0 aliphatic rings.